The summed E-state index contributed by atoms with van der Waals surface area (Å²) in [5, 5.41) is 6.35. The number of benzene rings is 2. The van der Waals surface area contributed by atoms with Gasteiger partial charge in [-0.25, -0.2) is 8.42 Å². The average molecular weight is 415 g/mol. The summed E-state index contributed by atoms with van der Waals surface area (Å²) < 4.78 is 37.7. The van der Waals surface area contributed by atoms with Crippen molar-refractivity contribution in [2.75, 3.05) is 10.0 Å². The summed E-state index contributed by atoms with van der Waals surface area (Å²) in [4.78, 5) is 12.6. The van der Waals surface area contributed by atoms with E-state index in [4.69, 9.17) is 9.26 Å². The Kier molecular flexibility index (Phi) is 5.88. The van der Waals surface area contributed by atoms with Crippen LogP contribution < -0.4 is 14.8 Å². The highest BCUT2D eigenvalue weighted by Gasteiger charge is 2.17. The van der Waals surface area contributed by atoms with Gasteiger partial charge in [0.05, 0.1) is 16.6 Å². The highest BCUT2D eigenvalue weighted by Crippen LogP contribution is 2.22. The minimum atomic E-state index is -3.82. The number of aryl methyl sites for hydroxylation is 1. The van der Waals surface area contributed by atoms with Crippen molar-refractivity contribution >= 4 is 27.4 Å². The largest absolute Gasteiger partial charge is 0.490 e. The van der Waals surface area contributed by atoms with E-state index in [1.807, 2.05) is 13.8 Å². The zero-order chi connectivity index (χ0) is 21.0. The standard InChI is InChI=1S/C20H21N3O5S/c1-13(2)27-18-7-5-4-6-17(18)20(24)21-15-8-10-16(11-9-15)29(25,26)23-19-12-14(3)28-22-19/h4-13H,1-3H3,(H,21,24)(H,22,23). The molecule has 9 heteroatoms. The van der Waals surface area contributed by atoms with Crippen molar-refractivity contribution in [3.05, 3.63) is 65.9 Å². The quantitative estimate of drug-likeness (QED) is 0.607. The van der Waals surface area contributed by atoms with E-state index in [2.05, 4.69) is 15.2 Å². The second-order valence-corrected chi connectivity index (χ2v) is 8.25. The number of nitrogens with one attached hydrogen (secondary N) is 2. The number of ether oxygens (including phenoxy) is 1. The molecule has 0 atom stereocenters. The van der Waals surface area contributed by atoms with Gasteiger partial charge in [0, 0.05) is 11.8 Å². The summed E-state index contributed by atoms with van der Waals surface area (Å²) in [6.45, 7) is 5.41. The first-order chi connectivity index (χ1) is 13.7. The molecular weight excluding hydrogens is 394 g/mol. The second kappa shape index (κ2) is 8.36. The van der Waals surface area contributed by atoms with Crippen LogP contribution in [0.1, 0.15) is 30.0 Å². The number of rotatable bonds is 7. The van der Waals surface area contributed by atoms with E-state index in [-0.39, 0.29) is 22.7 Å². The number of sulfonamides is 1. The van der Waals surface area contributed by atoms with E-state index < -0.39 is 10.0 Å². The van der Waals surface area contributed by atoms with Crippen LogP contribution in [0.5, 0.6) is 5.75 Å². The van der Waals surface area contributed by atoms with Crippen molar-refractivity contribution in [2.24, 2.45) is 0 Å². The molecule has 0 radical (unpaired) electrons. The van der Waals surface area contributed by atoms with Crippen molar-refractivity contribution in [1.29, 1.82) is 0 Å². The molecular formula is C20H21N3O5S. The molecule has 3 rings (SSSR count). The third-order valence-electron chi connectivity index (χ3n) is 3.78. The molecule has 1 amide bonds. The SMILES string of the molecule is Cc1cc(NS(=O)(=O)c2ccc(NC(=O)c3ccccc3OC(C)C)cc2)no1. The first-order valence-electron chi connectivity index (χ1n) is 8.88. The van der Waals surface area contributed by atoms with Crippen LogP contribution in [-0.2, 0) is 10.0 Å². The molecule has 8 nitrogen and oxygen atoms in total. The van der Waals surface area contributed by atoms with Gasteiger partial charge in [0.25, 0.3) is 15.9 Å². The third-order valence-corrected chi connectivity index (χ3v) is 5.15. The monoisotopic (exact) mass is 415 g/mol. The topological polar surface area (TPSA) is 111 Å². The maximum absolute atomic E-state index is 12.6. The number of aromatic nitrogens is 1. The minimum Gasteiger partial charge on any atom is -0.490 e. The van der Waals surface area contributed by atoms with Crippen LogP contribution in [0.3, 0.4) is 0 Å². The van der Waals surface area contributed by atoms with Crippen molar-refractivity contribution < 1.29 is 22.5 Å². The molecule has 2 aromatic carbocycles. The number of hydrogen-bond donors (Lipinski definition) is 2. The Balaban J connectivity index is 1.73. The fraction of sp³-hybridized carbons (Fsp3) is 0.200. The lowest BCUT2D eigenvalue weighted by molar-refractivity contribution is 0.102. The Morgan fingerprint density at radius 1 is 1.10 bits per heavy atom. The Labute approximate surface area is 168 Å². The van der Waals surface area contributed by atoms with Crippen LogP contribution in [0.2, 0.25) is 0 Å². The lowest BCUT2D eigenvalue weighted by atomic mass is 10.1. The summed E-state index contributed by atoms with van der Waals surface area (Å²) in [7, 11) is -3.82. The predicted octanol–water partition coefficient (Wildman–Crippen LogP) is 3.82. The highest BCUT2D eigenvalue weighted by molar-refractivity contribution is 7.92. The van der Waals surface area contributed by atoms with Crippen LogP contribution >= 0.6 is 0 Å². The normalized spacial score (nSPS) is 11.3. The average Bonchev–Trinajstić information content (AvgIpc) is 3.06. The molecule has 29 heavy (non-hydrogen) atoms. The van der Waals surface area contributed by atoms with E-state index in [0.29, 0.717) is 22.8 Å². The lowest BCUT2D eigenvalue weighted by Crippen LogP contribution is -2.16. The number of carbonyl (C=O) groups excluding carboxylic acids is 1. The van der Waals surface area contributed by atoms with Crippen molar-refractivity contribution in [2.45, 2.75) is 31.8 Å². The number of para-hydroxylation sites is 1. The van der Waals surface area contributed by atoms with E-state index in [1.54, 1.807) is 31.2 Å². The van der Waals surface area contributed by atoms with Gasteiger partial charge in [0.1, 0.15) is 11.5 Å². The van der Waals surface area contributed by atoms with Crippen LogP contribution in [-0.4, -0.2) is 25.6 Å². The molecule has 1 aromatic heterocycles. The molecule has 152 valence electrons. The molecule has 1 heterocycles. The van der Waals surface area contributed by atoms with E-state index in [9.17, 15) is 13.2 Å². The third kappa shape index (κ3) is 5.14. The number of anilines is 2. The first kappa shape index (κ1) is 20.4. The van der Waals surface area contributed by atoms with Gasteiger partial charge in [-0.2, -0.15) is 0 Å². The van der Waals surface area contributed by atoms with Gasteiger partial charge in [-0.1, -0.05) is 17.3 Å². The van der Waals surface area contributed by atoms with Crippen LogP contribution in [0.15, 0.2) is 64.0 Å². The van der Waals surface area contributed by atoms with Gasteiger partial charge in [-0.15, -0.1) is 0 Å². The van der Waals surface area contributed by atoms with Crippen molar-refractivity contribution in [3.8, 4) is 5.75 Å². The van der Waals surface area contributed by atoms with Gasteiger partial charge >= 0.3 is 0 Å². The van der Waals surface area contributed by atoms with Crippen LogP contribution in [0, 0.1) is 6.92 Å². The van der Waals surface area contributed by atoms with Crippen LogP contribution in [0.25, 0.3) is 0 Å². The Hall–Kier alpha value is -3.33. The van der Waals surface area contributed by atoms with E-state index >= 15 is 0 Å². The summed E-state index contributed by atoms with van der Waals surface area (Å²) >= 11 is 0. The lowest BCUT2D eigenvalue weighted by Gasteiger charge is -2.14. The number of amides is 1. The number of hydrogen-bond acceptors (Lipinski definition) is 6. The van der Waals surface area contributed by atoms with Gasteiger partial charge in [-0.3, -0.25) is 9.52 Å². The molecule has 2 N–H and O–H groups in total. The summed E-state index contributed by atoms with van der Waals surface area (Å²) in [6, 6.07) is 14.2. The van der Waals surface area contributed by atoms with Gasteiger partial charge < -0.3 is 14.6 Å². The van der Waals surface area contributed by atoms with Gasteiger partial charge in [0.15, 0.2) is 5.82 Å². The predicted molar refractivity (Wildman–Crippen MR) is 109 cm³/mol. The van der Waals surface area contributed by atoms with E-state index in [0.717, 1.165) is 0 Å². The van der Waals surface area contributed by atoms with Crippen molar-refractivity contribution in [1.82, 2.24) is 5.16 Å². The smallest absolute Gasteiger partial charge is 0.263 e. The molecule has 0 fully saturated rings. The maximum atomic E-state index is 12.6. The zero-order valence-electron chi connectivity index (χ0n) is 16.2. The fourth-order valence-electron chi connectivity index (χ4n) is 2.54. The summed E-state index contributed by atoms with van der Waals surface area (Å²) in [5.74, 6) is 0.712. The molecule has 0 unspecified atom stereocenters. The molecule has 0 bridgehead atoms. The molecule has 0 aliphatic heterocycles. The Morgan fingerprint density at radius 2 is 1.79 bits per heavy atom. The first-order valence-corrected chi connectivity index (χ1v) is 10.4. The van der Waals surface area contributed by atoms with Gasteiger partial charge in [-0.05, 0) is 57.2 Å². The number of carbonyl (C=O) groups is 1. The molecule has 3 aromatic rings. The molecule has 0 saturated heterocycles. The molecule has 0 aliphatic carbocycles. The highest BCUT2D eigenvalue weighted by atomic mass is 32.2. The second-order valence-electron chi connectivity index (χ2n) is 6.57. The minimum absolute atomic E-state index is 0.0275. The zero-order valence-corrected chi connectivity index (χ0v) is 17.0. The Morgan fingerprint density at radius 3 is 2.41 bits per heavy atom. The van der Waals surface area contributed by atoms with Crippen molar-refractivity contribution in [3.63, 3.8) is 0 Å². The molecule has 0 saturated carbocycles. The summed E-state index contributed by atoms with van der Waals surface area (Å²) in [6.07, 6.45) is -0.0746. The Bertz CT molecular complexity index is 1110. The van der Waals surface area contributed by atoms with E-state index in [1.165, 1.54) is 30.3 Å². The summed E-state index contributed by atoms with van der Waals surface area (Å²) in [5.41, 5.74) is 0.839. The van der Waals surface area contributed by atoms with Gasteiger partial charge in [0.2, 0.25) is 0 Å². The molecule has 0 spiro atoms. The molecule has 0 aliphatic rings. The maximum Gasteiger partial charge on any atom is 0.263 e. The van der Waals surface area contributed by atoms with Crippen LogP contribution in [0.4, 0.5) is 11.5 Å². The fourth-order valence-corrected chi connectivity index (χ4v) is 3.52. The number of nitrogens with zero attached hydrogens (tertiary/aromatic N) is 1.